The van der Waals surface area contributed by atoms with E-state index >= 15 is 0 Å². The van der Waals surface area contributed by atoms with Gasteiger partial charge in [-0.1, -0.05) is 48.5 Å². The van der Waals surface area contributed by atoms with Crippen LogP contribution in [0.15, 0.2) is 96.0 Å². The molecular formula is C31H32N4O5S. The van der Waals surface area contributed by atoms with Crippen LogP contribution in [0.1, 0.15) is 36.3 Å². The van der Waals surface area contributed by atoms with Gasteiger partial charge in [-0.3, -0.25) is 19.4 Å². The highest BCUT2D eigenvalue weighted by Crippen LogP contribution is 2.21. The minimum absolute atomic E-state index is 0.0538. The Hall–Kier alpha value is -4.57. The fourth-order valence-corrected chi connectivity index (χ4v) is 5.53. The van der Waals surface area contributed by atoms with Crippen LogP contribution in [0.5, 0.6) is 0 Å². The number of rotatable bonds is 11. The predicted molar refractivity (Wildman–Crippen MR) is 158 cm³/mol. The summed E-state index contributed by atoms with van der Waals surface area (Å²) < 4.78 is 28.4. The third kappa shape index (κ3) is 7.34. The van der Waals surface area contributed by atoms with E-state index < -0.39 is 27.8 Å². The van der Waals surface area contributed by atoms with Crippen molar-refractivity contribution in [3.05, 3.63) is 102 Å². The summed E-state index contributed by atoms with van der Waals surface area (Å²) in [6, 6.07) is 24.0. The number of nitrogens with zero attached hydrogens (tertiary/aromatic N) is 2. The van der Waals surface area contributed by atoms with Crippen LogP contribution in [0, 0.1) is 5.92 Å². The van der Waals surface area contributed by atoms with Crippen LogP contribution in [0.4, 0.5) is 5.69 Å². The monoisotopic (exact) mass is 572 g/mol. The summed E-state index contributed by atoms with van der Waals surface area (Å²) in [5, 5.41) is 4.37. The molecular weight excluding hydrogens is 540 g/mol. The highest BCUT2D eigenvalue weighted by molar-refractivity contribution is 7.90. The lowest BCUT2D eigenvalue weighted by molar-refractivity contribution is -0.141. The molecule has 1 atom stereocenters. The quantitative estimate of drug-likeness (QED) is 0.257. The maximum Gasteiger partial charge on any atom is 0.274 e. The molecule has 1 heterocycles. The van der Waals surface area contributed by atoms with E-state index in [2.05, 4.69) is 15.0 Å². The standard InChI is InChI=1S/C31H32N4O5S/c1-3-35(4-2)31(38)27(29(36)34-41(39,40)26-18-15-23-9-5-6-10-24(23)21-26)19-14-22-12-16-25(17-13-22)33-30(37)28-11-7-8-20-32-28/h5-13,15-18,20-21,27H,3-4,14,19H2,1-2H3,(H,33,37)(H,34,36). The summed E-state index contributed by atoms with van der Waals surface area (Å²) in [6.45, 7) is 4.39. The van der Waals surface area contributed by atoms with Crippen molar-refractivity contribution in [3.63, 3.8) is 0 Å². The van der Waals surface area contributed by atoms with Gasteiger partial charge in [-0.05, 0) is 79.4 Å². The first-order chi connectivity index (χ1) is 19.7. The fraction of sp³-hybridized carbons (Fsp3) is 0.226. The van der Waals surface area contributed by atoms with Crippen LogP contribution < -0.4 is 10.0 Å². The van der Waals surface area contributed by atoms with Crippen LogP contribution in [0.2, 0.25) is 0 Å². The number of aryl methyl sites for hydroxylation is 1. The zero-order valence-electron chi connectivity index (χ0n) is 22.9. The molecule has 10 heteroatoms. The molecule has 0 radical (unpaired) electrons. The molecule has 4 rings (SSSR count). The molecule has 4 aromatic rings. The average Bonchev–Trinajstić information content (AvgIpc) is 2.98. The number of pyridine rings is 1. The Balaban J connectivity index is 1.47. The van der Waals surface area contributed by atoms with Gasteiger partial charge in [0.2, 0.25) is 11.8 Å². The summed E-state index contributed by atoms with van der Waals surface area (Å²) >= 11 is 0. The number of anilines is 1. The van der Waals surface area contributed by atoms with Crippen molar-refractivity contribution in [2.45, 2.75) is 31.6 Å². The Kier molecular flexibility index (Phi) is 9.46. The second-order valence-corrected chi connectivity index (χ2v) is 11.1. The van der Waals surface area contributed by atoms with E-state index in [9.17, 15) is 22.8 Å². The first-order valence-corrected chi connectivity index (χ1v) is 14.9. The Bertz CT molecular complexity index is 1640. The minimum atomic E-state index is -4.21. The Morgan fingerprint density at radius 1 is 0.854 bits per heavy atom. The molecule has 1 aromatic heterocycles. The van der Waals surface area contributed by atoms with E-state index in [0.717, 1.165) is 16.3 Å². The van der Waals surface area contributed by atoms with Crippen LogP contribution >= 0.6 is 0 Å². The van der Waals surface area contributed by atoms with Crippen molar-refractivity contribution in [1.82, 2.24) is 14.6 Å². The van der Waals surface area contributed by atoms with Gasteiger partial charge in [-0.15, -0.1) is 0 Å². The van der Waals surface area contributed by atoms with Crippen molar-refractivity contribution in [1.29, 1.82) is 0 Å². The molecule has 0 bridgehead atoms. The molecule has 0 fully saturated rings. The molecule has 3 amide bonds. The summed E-state index contributed by atoms with van der Waals surface area (Å²) in [6.07, 6.45) is 1.99. The lowest BCUT2D eigenvalue weighted by Gasteiger charge is -2.24. The molecule has 0 aliphatic carbocycles. The number of hydrogen-bond donors (Lipinski definition) is 2. The summed E-state index contributed by atoms with van der Waals surface area (Å²) in [4.78, 5) is 44.5. The number of nitrogens with one attached hydrogen (secondary N) is 2. The molecule has 0 spiro atoms. The maximum atomic E-state index is 13.3. The van der Waals surface area contributed by atoms with E-state index in [0.29, 0.717) is 30.9 Å². The van der Waals surface area contributed by atoms with Gasteiger partial charge in [0.25, 0.3) is 15.9 Å². The zero-order chi connectivity index (χ0) is 29.4. The molecule has 2 N–H and O–H groups in total. The summed E-state index contributed by atoms with van der Waals surface area (Å²) in [7, 11) is -4.21. The van der Waals surface area contributed by atoms with Gasteiger partial charge in [0, 0.05) is 25.0 Å². The second kappa shape index (κ2) is 13.2. The maximum absolute atomic E-state index is 13.3. The van der Waals surface area contributed by atoms with Crippen molar-refractivity contribution in [2.75, 3.05) is 18.4 Å². The van der Waals surface area contributed by atoms with Gasteiger partial charge in [0.1, 0.15) is 11.6 Å². The van der Waals surface area contributed by atoms with Gasteiger partial charge in [-0.25, -0.2) is 13.1 Å². The highest BCUT2D eigenvalue weighted by atomic mass is 32.2. The molecule has 0 saturated carbocycles. The number of sulfonamides is 1. The van der Waals surface area contributed by atoms with E-state index in [4.69, 9.17) is 0 Å². The summed E-state index contributed by atoms with van der Waals surface area (Å²) in [5.74, 6) is -2.84. The van der Waals surface area contributed by atoms with E-state index in [-0.39, 0.29) is 17.2 Å². The fourth-order valence-electron chi connectivity index (χ4n) is 4.48. The molecule has 0 saturated heterocycles. The number of amides is 3. The SMILES string of the molecule is CCN(CC)C(=O)C(CCc1ccc(NC(=O)c2ccccn2)cc1)C(=O)NS(=O)(=O)c1ccc2ccccc2c1. The largest absolute Gasteiger partial charge is 0.343 e. The average molecular weight is 573 g/mol. The van der Waals surface area contributed by atoms with Gasteiger partial charge < -0.3 is 10.2 Å². The molecule has 1 unspecified atom stereocenters. The van der Waals surface area contributed by atoms with Crippen molar-refractivity contribution < 1.29 is 22.8 Å². The van der Waals surface area contributed by atoms with Gasteiger partial charge in [0.15, 0.2) is 0 Å². The predicted octanol–water partition coefficient (Wildman–Crippen LogP) is 4.41. The number of carbonyl (C=O) groups excluding carboxylic acids is 3. The zero-order valence-corrected chi connectivity index (χ0v) is 23.7. The van der Waals surface area contributed by atoms with Crippen molar-refractivity contribution in [2.24, 2.45) is 5.92 Å². The Morgan fingerprint density at radius 2 is 1.54 bits per heavy atom. The van der Waals surface area contributed by atoms with E-state index in [1.165, 1.54) is 23.2 Å². The number of aromatic nitrogens is 1. The van der Waals surface area contributed by atoms with Crippen LogP contribution in [-0.4, -0.2) is 49.1 Å². The first-order valence-electron chi connectivity index (χ1n) is 13.4. The number of carbonyl (C=O) groups is 3. The lowest BCUT2D eigenvalue weighted by Crippen LogP contribution is -2.45. The van der Waals surface area contributed by atoms with E-state index in [1.807, 2.05) is 12.1 Å². The smallest absolute Gasteiger partial charge is 0.274 e. The van der Waals surface area contributed by atoms with Crippen LogP contribution in [0.3, 0.4) is 0 Å². The molecule has 0 aliphatic rings. The number of fused-ring (bicyclic) bond motifs is 1. The van der Waals surface area contributed by atoms with Gasteiger partial charge >= 0.3 is 0 Å². The normalized spacial score (nSPS) is 12.0. The molecule has 9 nitrogen and oxygen atoms in total. The molecule has 41 heavy (non-hydrogen) atoms. The molecule has 212 valence electrons. The van der Waals surface area contributed by atoms with Gasteiger partial charge in [0.05, 0.1) is 4.90 Å². The van der Waals surface area contributed by atoms with Crippen molar-refractivity contribution in [3.8, 4) is 0 Å². The highest BCUT2D eigenvalue weighted by Gasteiger charge is 2.32. The topological polar surface area (TPSA) is 126 Å². The Morgan fingerprint density at radius 3 is 2.20 bits per heavy atom. The molecule has 3 aromatic carbocycles. The first kappa shape index (κ1) is 29.4. The van der Waals surface area contributed by atoms with Crippen LogP contribution in [0.25, 0.3) is 10.8 Å². The Labute approximate surface area is 239 Å². The number of hydrogen-bond acceptors (Lipinski definition) is 6. The van der Waals surface area contributed by atoms with Crippen molar-refractivity contribution >= 4 is 44.2 Å². The van der Waals surface area contributed by atoms with Crippen LogP contribution in [-0.2, 0) is 26.0 Å². The third-order valence-electron chi connectivity index (χ3n) is 6.79. The third-order valence-corrected chi connectivity index (χ3v) is 8.13. The number of benzene rings is 3. The van der Waals surface area contributed by atoms with Gasteiger partial charge in [-0.2, -0.15) is 0 Å². The van der Waals surface area contributed by atoms with E-state index in [1.54, 1.807) is 74.5 Å². The summed E-state index contributed by atoms with van der Waals surface area (Å²) in [5.41, 5.74) is 1.68. The second-order valence-electron chi connectivity index (χ2n) is 9.45. The molecule has 0 aliphatic heterocycles. The lowest BCUT2D eigenvalue weighted by atomic mass is 9.97. The minimum Gasteiger partial charge on any atom is -0.343 e.